The molecule has 0 N–H and O–H groups in total. The van der Waals surface area contributed by atoms with E-state index in [1.807, 2.05) is 0 Å². The van der Waals surface area contributed by atoms with Crippen molar-refractivity contribution in [3.05, 3.63) is 97.1 Å². The third-order valence-electron chi connectivity index (χ3n) is 6.66. The van der Waals surface area contributed by atoms with Crippen molar-refractivity contribution in [2.75, 3.05) is 0 Å². The summed E-state index contributed by atoms with van der Waals surface area (Å²) in [6, 6.07) is 36.1. The molecule has 6 rings (SSSR count). The number of hydrogen-bond donors (Lipinski definition) is 0. The van der Waals surface area contributed by atoms with Gasteiger partial charge in [0, 0.05) is 8.07 Å². The van der Waals surface area contributed by atoms with Crippen LogP contribution in [0.15, 0.2) is 97.1 Å². The summed E-state index contributed by atoms with van der Waals surface area (Å²) in [5.74, 6) is 0. The largest absolute Gasteiger partial charge is 4.00 e. The fourth-order valence-corrected chi connectivity index (χ4v) is 8.27. The fraction of sp³-hybridized carbons (Fsp3) is 0.0714. The van der Waals surface area contributed by atoms with Gasteiger partial charge in [0.1, 0.15) is 0 Å². The summed E-state index contributed by atoms with van der Waals surface area (Å²) in [6.07, 6.45) is 0. The van der Waals surface area contributed by atoms with Gasteiger partial charge in [-0.15, -0.1) is 77.7 Å². The van der Waals surface area contributed by atoms with Crippen molar-refractivity contribution in [1.82, 2.24) is 0 Å². The minimum absolute atomic E-state index is 0. The fourth-order valence-electron chi connectivity index (χ4n) is 5.19. The molecule has 6 aromatic rings. The molecule has 0 aliphatic heterocycles. The molecular weight excluding hydrogens is 614 g/mol. The zero-order valence-electron chi connectivity index (χ0n) is 18.0. The molecule has 0 radical (unpaired) electrons. The maximum absolute atomic E-state index is 2.51. The van der Waals surface area contributed by atoms with E-state index in [2.05, 4.69) is 110 Å². The number of halogens is 2. The number of benzene rings is 4. The van der Waals surface area contributed by atoms with E-state index in [1.54, 1.807) is 0 Å². The van der Waals surface area contributed by atoms with Crippen LogP contribution in [0.25, 0.3) is 43.1 Å². The van der Waals surface area contributed by atoms with Crippen LogP contribution in [-0.2, 0) is 25.8 Å². The molecule has 0 fully saturated rings. The van der Waals surface area contributed by atoms with Crippen LogP contribution in [0.5, 0.6) is 0 Å². The maximum Gasteiger partial charge on any atom is 4.00 e. The summed E-state index contributed by atoms with van der Waals surface area (Å²) in [5.41, 5.74) is 0. The molecule has 0 bridgehead atoms. The quantitative estimate of drug-likeness (QED) is 0.193. The van der Waals surface area contributed by atoms with Gasteiger partial charge in [0.15, 0.2) is 0 Å². The summed E-state index contributed by atoms with van der Waals surface area (Å²) in [6.45, 7) is 5.01. The Balaban J connectivity index is 0.000000963. The molecule has 0 unspecified atom stereocenters. The average Bonchev–Trinajstić information content (AvgIpc) is 3.31. The Bertz CT molecular complexity index is 1430. The van der Waals surface area contributed by atoms with Crippen LogP contribution in [-0.4, -0.2) is 8.07 Å². The molecular formula is C28H22Cl2HfSi. The summed E-state index contributed by atoms with van der Waals surface area (Å²) in [7, 11) is -1.91. The van der Waals surface area contributed by atoms with Crippen molar-refractivity contribution in [2.45, 2.75) is 13.1 Å². The summed E-state index contributed by atoms with van der Waals surface area (Å²) in [4.78, 5) is 0. The third kappa shape index (κ3) is 3.62. The summed E-state index contributed by atoms with van der Waals surface area (Å²) >= 11 is 0. The van der Waals surface area contributed by atoms with Gasteiger partial charge in [-0.2, -0.15) is 0 Å². The molecule has 6 aromatic carbocycles. The second kappa shape index (κ2) is 9.27. The standard InChI is InChI=1S/C28H22Si.2ClH.Hf/c1-29(2,27-15-7-13-23-21-11-5-3-9-19(21)17-25(23)27)28-16-8-14-24-22-12-6-4-10-20(22)18-26(24)28;;;/h3-18H,1-2H3;2*1H;/q-2;;;+4/p-2. The van der Waals surface area contributed by atoms with Crippen LogP contribution in [0.1, 0.15) is 0 Å². The Kier molecular flexibility index (Phi) is 7.22. The Morgan fingerprint density at radius 2 is 0.875 bits per heavy atom. The van der Waals surface area contributed by atoms with Crippen molar-refractivity contribution in [3.63, 3.8) is 0 Å². The van der Waals surface area contributed by atoms with Gasteiger partial charge < -0.3 is 24.8 Å². The number of fused-ring (bicyclic) bond motifs is 6. The van der Waals surface area contributed by atoms with Gasteiger partial charge in [0.25, 0.3) is 0 Å². The van der Waals surface area contributed by atoms with E-state index in [1.165, 1.54) is 53.5 Å². The first kappa shape index (κ1) is 24.9. The van der Waals surface area contributed by atoms with Crippen molar-refractivity contribution >= 4 is 61.5 Å². The van der Waals surface area contributed by atoms with Gasteiger partial charge in [-0.25, -0.2) is 0 Å². The van der Waals surface area contributed by atoms with Gasteiger partial charge >= 0.3 is 25.8 Å². The minimum atomic E-state index is -1.91. The molecule has 0 aliphatic carbocycles. The normalized spacial score (nSPS) is 11.3. The first-order chi connectivity index (χ1) is 14.1. The van der Waals surface area contributed by atoms with Gasteiger partial charge in [-0.3, -0.25) is 0 Å². The summed E-state index contributed by atoms with van der Waals surface area (Å²) < 4.78 is 0. The van der Waals surface area contributed by atoms with Gasteiger partial charge in [0.05, 0.1) is 0 Å². The van der Waals surface area contributed by atoms with Crippen LogP contribution in [0, 0.1) is 0 Å². The molecule has 0 aliphatic rings. The zero-order chi connectivity index (χ0) is 19.6. The van der Waals surface area contributed by atoms with Crippen LogP contribution in [0.4, 0.5) is 0 Å². The molecule has 0 saturated carbocycles. The van der Waals surface area contributed by atoms with Crippen molar-refractivity contribution in [3.8, 4) is 0 Å². The molecule has 4 heteroatoms. The molecule has 0 saturated heterocycles. The second-order valence-electron chi connectivity index (χ2n) is 8.62. The van der Waals surface area contributed by atoms with E-state index < -0.39 is 8.07 Å². The third-order valence-corrected chi connectivity index (χ3v) is 10.2. The predicted octanol–water partition coefficient (Wildman–Crippen LogP) is 0.565. The Morgan fingerprint density at radius 1 is 0.500 bits per heavy atom. The average molecular weight is 636 g/mol. The van der Waals surface area contributed by atoms with E-state index in [0.29, 0.717) is 0 Å². The molecule has 156 valence electrons. The van der Waals surface area contributed by atoms with E-state index in [9.17, 15) is 0 Å². The van der Waals surface area contributed by atoms with E-state index >= 15 is 0 Å². The van der Waals surface area contributed by atoms with Crippen LogP contribution in [0.3, 0.4) is 0 Å². The first-order valence-corrected chi connectivity index (χ1v) is 13.3. The van der Waals surface area contributed by atoms with Crippen LogP contribution >= 0.6 is 0 Å². The second-order valence-corrected chi connectivity index (χ2v) is 12.9. The van der Waals surface area contributed by atoms with Crippen molar-refractivity contribution < 1.29 is 50.7 Å². The molecule has 0 spiro atoms. The molecule has 0 atom stereocenters. The molecule has 0 aromatic heterocycles. The van der Waals surface area contributed by atoms with Gasteiger partial charge in [-0.05, 0) is 0 Å². The molecule has 0 amide bonds. The van der Waals surface area contributed by atoms with E-state index in [-0.39, 0.29) is 50.7 Å². The predicted molar refractivity (Wildman–Crippen MR) is 131 cm³/mol. The topological polar surface area (TPSA) is 0 Å². The van der Waals surface area contributed by atoms with Crippen molar-refractivity contribution in [2.24, 2.45) is 0 Å². The van der Waals surface area contributed by atoms with Gasteiger partial charge in [-0.1, -0.05) is 85.9 Å². The van der Waals surface area contributed by atoms with Gasteiger partial charge in [0.2, 0.25) is 0 Å². The molecule has 32 heavy (non-hydrogen) atoms. The maximum atomic E-state index is 2.51. The van der Waals surface area contributed by atoms with Crippen LogP contribution < -0.4 is 35.2 Å². The SMILES string of the molecule is C[Si](C)(c1cccc2c1[cH-]c1ccccc12)c1cccc2c1[cH-]c1ccccc12.[Cl-].[Cl-].[Hf+4]. The van der Waals surface area contributed by atoms with E-state index in [0.717, 1.165) is 0 Å². The Morgan fingerprint density at radius 3 is 1.31 bits per heavy atom. The number of rotatable bonds is 2. The van der Waals surface area contributed by atoms with Crippen molar-refractivity contribution in [1.29, 1.82) is 0 Å². The monoisotopic (exact) mass is 636 g/mol. The Labute approximate surface area is 221 Å². The molecule has 0 heterocycles. The van der Waals surface area contributed by atoms with E-state index in [4.69, 9.17) is 0 Å². The smallest absolute Gasteiger partial charge is 1.00 e. The summed E-state index contributed by atoms with van der Waals surface area (Å²) in [5, 5.41) is 14.1. The zero-order valence-corrected chi connectivity index (χ0v) is 24.1. The van der Waals surface area contributed by atoms with Crippen LogP contribution in [0.2, 0.25) is 13.1 Å². The first-order valence-electron chi connectivity index (χ1n) is 10.3. The minimum Gasteiger partial charge on any atom is -1.00 e. The Hall–Kier alpha value is -1.71. The molecule has 0 nitrogen and oxygen atoms in total. The number of hydrogen-bond acceptors (Lipinski definition) is 0.